The van der Waals surface area contributed by atoms with E-state index in [1.807, 2.05) is 36.1 Å². The molecule has 0 unspecified atom stereocenters. The molecule has 0 bridgehead atoms. The molecule has 2 N–H and O–H groups in total. The van der Waals surface area contributed by atoms with Gasteiger partial charge in [-0.1, -0.05) is 35.9 Å². The molecule has 2 amide bonds. The number of hydrogen-bond acceptors (Lipinski definition) is 4. The predicted molar refractivity (Wildman–Crippen MR) is 124 cm³/mol. The number of benzene rings is 2. The number of amides is 2. The standard InChI is InChI=1S/C23H26N4O2S/c1-17-6-8-18(9-7-17)10-11-21(28)25-23(30)24-20-5-3-4-19(16-20)22(29)27-14-12-26(2)13-15-27/h3-11,16H,12-15H2,1-2H3,(H2,24,25,28,30)/b11-10+. The first-order valence-corrected chi connectivity index (χ1v) is 10.3. The summed E-state index contributed by atoms with van der Waals surface area (Å²) in [5, 5.41) is 5.77. The minimum atomic E-state index is -0.322. The van der Waals surface area contributed by atoms with Crippen molar-refractivity contribution >= 4 is 40.9 Å². The highest BCUT2D eigenvalue weighted by atomic mass is 32.1. The molecule has 0 saturated carbocycles. The summed E-state index contributed by atoms with van der Waals surface area (Å²) >= 11 is 5.23. The maximum Gasteiger partial charge on any atom is 0.254 e. The van der Waals surface area contributed by atoms with Gasteiger partial charge in [-0.2, -0.15) is 0 Å². The lowest BCUT2D eigenvalue weighted by molar-refractivity contribution is -0.115. The van der Waals surface area contributed by atoms with E-state index in [0.29, 0.717) is 11.3 Å². The van der Waals surface area contributed by atoms with Crippen LogP contribution < -0.4 is 10.6 Å². The molecule has 0 radical (unpaired) electrons. The van der Waals surface area contributed by atoms with Crippen LogP contribution in [0.1, 0.15) is 21.5 Å². The fraction of sp³-hybridized carbons (Fsp3) is 0.261. The van der Waals surface area contributed by atoms with Gasteiger partial charge in [-0.3, -0.25) is 14.9 Å². The average Bonchev–Trinajstić information content (AvgIpc) is 2.73. The van der Waals surface area contributed by atoms with Crippen LogP contribution in [0.4, 0.5) is 5.69 Å². The molecule has 2 aromatic rings. The van der Waals surface area contributed by atoms with Gasteiger partial charge in [-0.25, -0.2) is 0 Å². The molecule has 1 aliphatic rings. The van der Waals surface area contributed by atoms with Gasteiger partial charge < -0.3 is 15.1 Å². The molecule has 30 heavy (non-hydrogen) atoms. The first-order valence-electron chi connectivity index (χ1n) is 9.85. The van der Waals surface area contributed by atoms with Crippen molar-refractivity contribution in [2.24, 2.45) is 0 Å². The largest absolute Gasteiger partial charge is 0.336 e. The Labute approximate surface area is 182 Å². The van der Waals surface area contributed by atoms with E-state index in [2.05, 4.69) is 22.6 Å². The molecule has 1 saturated heterocycles. The Balaban J connectivity index is 1.55. The van der Waals surface area contributed by atoms with Crippen LogP contribution in [0.3, 0.4) is 0 Å². The maximum atomic E-state index is 12.7. The maximum absolute atomic E-state index is 12.7. The lowest BCUT2D eigenvalue weighted by Gasteiger charge is -2.32. The number of thiocarbonyl (C=S) groups is 1. The highest BCUT2D eigenvalue weighted by Crippen LogP contribution is 2.14. The van der Waals surface area contributed by atoms with Crippen molar-refractivity contribution in [1.29, 1.82) is 0 Å². The Morgan fingerprint density at radius 1 is 1.03 bits per heavy atom. The summed E-state index contributed by atoms with van der Waals surface area (Å²) in [7, 11) is 2.05. The lowest BCUT2D eigenvalue weighted by atomic mass is 10.1. The van der Waals surface area contributed by atoms with Crippen LogP contribution in [-0.2, 0) is 4.79 Å². The molecule has 0 aliphatic carbocycles. The second-order valence-corrected chi connectivity index (χ2v) is 7.77. The molecule has 6 nitrogen and oxygen atoms in total. The Hall–Kier alpha value is -3.03. The molecule has 0 atom stereocenters. The van der Waals surface area contributed by atoms with Crippen LogP contribution in [-0.4, -0.2) is 60.0 Å². The van der Waals surface area contributed by atoms with Gasteiger partial charge >= 0.3 is 0 Å². The van der Waals surface area contributed by atoms with Crippen LogP contribution in [0.2, 0.25) is 0 Å². The molecule has 1 fully saturated rings. The number of piperazine rings is 1. The highest BCUT2D eigenvalue weighted by molar-refractivity contribution is 7.80. The number of nitrogens with zero attached hydrogens (tertiary/aromatic N) is 2. The third kappa shape index (κ3) is 6.23. The van der Waals surface area contributed by atoms with Crippen molar-refractivity contribution in [2.45, 2.75) is 6.92 Å². The molecule has 156 valence electrons. The van der Waals surface area contributed by atoms with Gasteiger partial charge in [0.2, 0.25) is 5.91 Å². The minimum Gasteiger partial charge on any atom is -0.336 e. The van der Waals surface area contributed by atoms with Crippen LogP contribution in [0.15, 0.2) is 54.6 Å². The van der Waals surface area contributed by atoms with Crippen molar-refractivity contribution in [3.63, 3.8) is 0 Å². The monoisotopic (exact) mass is 422 g/mol. The van der Waals surface area contributed by atoms with Crippen LogP contribution in [0.25, 0.3) is 6.08 Å². The lowest BCUT2D eigenvalue weighted by Crippen LogP contribution is -2.47. The van der Waals surface area contributed by atoms with E-state index < -0.39 is 0 Å². The summed E-state index contributed by atoms with van der Waals surface area (Å²) in [6.07, 6.45) is 3.17. The summed E-state index contributed by atoms with van der Waals surface area (Å²) in [6.45, 7) is 5.19. The Bertz CT molecular complexity index is 948. The fourth-order valence-corrected chi connectivity index (χ4v) is 3.31. The third-order valence-corrected chi connectivity index (χ3v) is 5.10. The second-order valence-electron chi connectivity index (χ2n) is 7.36. The number of likely N-dealkylation sites (N-methyl/N-ethyl adjacent to an activating group) is 1. The van der Waals surface area contributed by atoms with Gasteiger partial charge in [0.05, 0.1) is 0 Å². The quantitative estimate of drug-likeness (QED) is 0.586. The van der Waals surface area contributed by atoms with E-state index in [4.69, 9.17) is 12.2 Å². The summed E-state index contributed by atoms with van der Waals surface area (Å²) in [4.78, 5) is 28.9. The van der Waals surface area contributed by atoms with Crippen LogP contribution >= 0.6 is 12.2 Å². The number of aryl methyl sites for hydroxylation is 1. The van der Waals surface area contributed by atoms with Gasteiger partial charge in [0.15, 0.2) is 5.11 Å². The molecular formula is C23H26N4O2S. The van der Waals surface area contributed by atoms with Crippen molar-refractivity contribution in [2.75, 3.05) is 38.5 Å². The molecule has 7 heteroatoms. The fourth-order valence-electron chi connectivity index (χ4n) is 3.09. The molecule has 0 aromatic heterocycles. The summed E-state index contributed by atoms with van der Waals surface area (Å²) in [5.41, 5.74) is 3.35. The normalized spacial score (nSPS) is 14.5. The third-order valence-electron chi connectivity index (χ3n) is 4.90. The van der Waals surface area contributed by atoms with Gasteiger partial charge in [0.25, 0.3) is 5.91 Å². The summed E-state index contributed by atoms with van der Waals surface area (Å²) < 4.78 is 0. The molecule has 2 aromatic carbocycles. The molecular weight excluding hydrogens is 396 g/mol. The smallest absolute Gasteiger partial charge is 0.254 e. The van der Waals surface area contributed by atoms with Crippen molar-refractivity contribution < 1.29 is 9.59 Å². The zero-order valence-corrected chi connectivity index (χ0v) is 18.0. The molecule has 3 rings (SSSR count). The number of carbonyl (C=O) groups excluding carboxylic acids is 2. The Morgan fingerprint density at radius 3 is 2.43 bits per heavy atom. The first-order chi connectivity index (χ1) is 14.4. The van der Waals surface area contributed by atoms with Crippen LogP contribution in [0, 0.1) is 6.92 Å². The second kappa shape index (κ2) is 10.1. The Morgan fingerprint density at radius 2 is 1.73 bits per heavy atom. The van der Waals surface area contributed by atoms with E-state index >= 15 is 0 Å². The van der Waals surface area contributed by atoms with E-state index in [-0.39, 0.29) is 16.9 Å². The van der Waals surface area contributed by atoms with E-state index in [0.717, 1.165) is 37.3 Å². The number of nitrogens with one attached hydrogen (secondary N) is 2. The number of hydrogen-bond donors (Lipinski definition) is 2. The van der Waals surface area contributed by atoms with Crippen molar-refractivity contribution in [3.05, 3.63) is 71.3 Å². The number of rotatable bonds is 4. The molecule has 1 heterocycles. The topological polar surface area (TPSA) is 64.7 Å². The van der Waals surface area contributed by atoms with Gasteiger partial charge in [-0.15, -0.1) is 0 Å². The number of carbonyl (C=O) groups is 2. The summed E-state index contributed by atoms with van der Waals surface area (Å²) in [6, 6.07) is 15.0. The molecule has 0 spiro atoms. The molecule has 1 aliphatic heterocycles. The zero-order valence-electron chi connectivity index (χ0n) is 17.2. The highest BCUT2D eigenvalue weighted by Gasteiger charge is 2.20. The SMILES string of the molecule is Cc1ccc(/C=C/C(=O)NC(=S)Nc2cccc(C(=O)N3CCN(C)CC3)c2)cc1. The average molecular weight is 423 g/mol. The van der Waals surface area contributed by atoms with E-state index in [1.54, 1.807) is 30.3 Å². The van der Waals surface area contributed by atoms with E-state index in [9.17, 15) is 9.59 Å². The van der Waals surface area contributed by atoms with E-state index in [1.165, 1.54) is 6.08 Å². The predicted octanol–water partition coefficient (Wildman–Crippen LogP) is 2.91. The minimum absolute atomic E-state index is 0.00253. The van der Waals surface area contributed by atoms with Crippen LogP contribution in [0.5, 0.6) is 0 Å². The van der Waals surface area contributed by atoms with Gasteiger partial charge in [0.1, 0.15) is 0 Å². The van der Waals surface area contributed by atoms with Crippen molar-refractivity contribution in [1.82, 2.24) is 15.1 Å². The van der Waals surface area contributed by atoms with Crippen molar-refractivity contribution in [3.8, 4) is 0 Å². The Kier molecular flexibility index (Phi) is 7.32. The zero-order chi connectivity index (χ0) is 21.5. The first kappa shape index (κ1) is 21.7. The summed E-state index contributed by atoms with van der Waals surface area (Å²) in [5.74, 6) is -0.319. The number of anilines is 1. The van der Waals surface area contributed by atoms with Gasteiger partial charge in [0, 0.05) is 43.5 Å². The van der Waals surface area contributed by atoms with Gasteiger partial charge in [-0.05, 0) is 56.0 Å².